The van der Waals surface area contributed by atoms with E-state index in [0.29, 0.717) is 5.92 Å². The van der Waals surface area contributed by atoms with Crippen molar-refractivity contribution in [2.75, 3.05) is 13.7 Å². The van der Waals surface area contributed by atoms with Crippen molar-refractivity contribution in [1.82, 2.24) is 5.32 Å². The summed E-state index contributed by atoms with van der Waals surface area (Å²) in [6.45, 7) is 0.801. The van der Waals surface area contributed by atoms with Gasteiger partial charge in [0.15, 0.2) is 0 Å². The number of ether oxygens (including phenoxy) is 1. The van der Waals surface area contributed by atoms with Crippen LogP contribution in [0.2, 0.25) is 5.02 Å². The van der Waals surface area contributed by atoms with E-state index in [1.165, 1.54) is 18.9 Å². The van der Waals surface area contributed by atoms with Gasteiger partial charge >= 0.3 is 0 Å². The minimum absolute atomic E-state index is 0.0673. The van der Waals surface area contributed by atoms with Gasteiger partial charge in [0.1, 0.15) is 5.82 Å². The van der Waals surface area contributed by atoms with E-state index < -0.39 is 0 Å². The number of hydrogen-bond donors (Lipinski definition) is 1. The smallest absolute Gasteiger partial charge is 0.142 e. The minimum atomic E-state index is -0.336. The number of rotatable bonds is 3. The van der Waals surface area contributed by atoms with Crippen molar-refractivity contribution in [3.8, 4) is 0 Å². The maximum Gasteiger partial charge on any atom is 0.142 e. The molecule has 116 valence electrons. The van der Waals surface area contributed by atoms with Gasteiger partial charge in [-0.1, -0.05) is 36.6 Å². The molecule has 4 heteroatoms. The monoisotopic (exact) mass is 311 g/mol. The summed E-state index contributed by atoms with van der Waals surface area (Å²) in [7, 11) is 1.93. The Balaban J connectivity index is 1.84. The quantitative estimate of drug-likeness (QED) is 0.888. The Bertz CT molecular complexity index is 502. The van der Waals surface area contributed by atoms with Crippen LogP contribution >= 0.6 is 11.6 Å². The van der Waals surface area contributed by atoms with Crippen LogP contribution in [-0.2, 0) is 4.74 Å². The Labute approximate surface area is 131 Å². The van der Waals surface area contributed by atoms with E-state index in [2.05, 4.69) is 5.32 Å². The van der Waals surface area contributed by atoms with Gasteiger partial charge in [0.2, 0.25) is 0 Å². The predicted molar refractivity (Wildman–Crippen MR) is 83.1 cm³/mol. The molecule has 3 rings (SSSR count). The summed E-state index contributed by atoms with van der Waals surface area (Å²) in [4.78, 5) is 0. The molecular weight excluding hydrogens is 289 g/mol. The van der Waals surface area contributed by atoms with Crippen LogP contribution in [0.4, 0.5) is 4.39 Å². The van der Waals surface area contributed by atoms with E-state index in [1.807, 2.05) is 13.1 Å². The largest absolute Gasteiger partial charge is 0.375 e. The van der Waals surface area contributed by atoms with Gasteiger partial charge in [-0.25, -0.2) is 4.39 Å². The first-order valence-electron chi connectivity index (χ1n) is 7.90. The van der Waals surface area contributed by atoms with E-state index in [1.54, 1.807) is 6.07 Å². The Morgan fingerprint density at radius 1 is 1.38 bits per heavy atom. The fourth-order valence-corrected chi connectivity index (χ4v) is 4.37. The van der Waals surface area contributed by atoms with Crippen LogP contribution in [0.3, 0.4) is 0 Å². The van der Waals surface area contributed by atoms with Crippen LogP contribution in [0.5, 0.6) is 0 Å². The van der Waals surface area contributed by atoms with Crippen molar-refractivity contribution in [2.45, 2.75) is 50.2 Å². The molecule has 0 bridgehead atoms. The molecule has 2 fully saturated rings. The summed E-state index contributed by atoms with van der Waals surface area (Å²) >= 11 is 6.19. The van der Waals surface area contributed by atoms with Crippen LogP contribution in [0.25, 0.3) is 0 Å². The number of halogens is 2. The van der Waals surface area contributed by atoms with Gasteiger partial charge < -0.3 is 10.1 Å². The summed E-state index contributed by atoms with van der Waals surface area (Å²) in [6.07, 6.45) is 6.90. The fourth-order valence-electron chi connectivity index (χ4n) is 4.12. The second-order valence-corrected chi connectivity index (χ2v) is 6.78. The molecule has 0 amide bonds. The molecule has 21 heavy (non-hydrogen) atoms. The Hall–Kier alpha value is -0.640. The zero-order valence-corrected chi connectivity index (χ0v) is 13.3. The topological polar surface area (TPSA) is 21.3 Å². The van der Waals surface area contributed by atoms with Crippen molar-refractivity contribution in [1.29, 1.82) is 0 Å². The second kappa shape index (κ2) is 6.23. The normalized spacial score (nSPS) is 26.1. The minimum Gasteiger partial charge on any atom is -0.375 e. The van der Waals surface area contributed by atoms with Gasteiger partial charge in [-0.15, -0.1) is 0 Å². The van der Waals surface area contributed by atoms with Crippen molar-refractivity contribution < 1.29 is 9.13 Å². The number of nitrogens with one attached hydrogen (secondary N) is 1. The molecule has 2 atom stereocenters. The van der Waals surface area contributed by atoms with Crippen LogP contribution < -0.4 is 5.32 Å². The summed E-state index contributed by atoms with van der Waals surface area (Å²) in [5.41, 5.74) is 0.942. The lowest BCUT2D eigenvalue weighted by molar-refractivity contribution is -0.0979. The zero-order valence-electron chi connectivity index (χ0n) is 12.5. The molecule has 1 aromatic rings. The zero-order chi connectivity index (χ0) is 14.9. The van der Waals surface area contributed by atoms with Crippen molar-refractivity contribution >= 4 is 11.6 Å². The van der Waals surface area contributed by atoms with Crippen LogP contribution in [0, 0.1) is 11.7 Å². The highest BCUT2D eigenvalue weighted by atomic mass is 35.5. The first-order valence-corrected chi connectivity index (χ1v) is 8.28. The summed E-state index contributed by atoms with van der Waals surface area (Å²) in [6, 6.07) is 5.19. The van der Waals surface area contributed by atoms with Gasteiger partial charge in [-0.3, -0.25) is 0 Å². The molecule has 2 aliphatic rings. The molecular formula is C17H23ClFNO. The van der Waals surface area contributed by atoms with Gasteiger partial charge in [-0.2, -0.15) is 0 Å². The van der Waals surface area contributed by atoms with Gasteiger partial charge in [0.05, 0.1) is 10.6 Å². The van der Waals surface area contributed by atoms with E-state index in [-0.39, 0.29) is 22.5 Å². The Morgan fingerprint density at radius 3 is 2.86 bits per heavy atom. The SMILES string of the molecule is CNC(c1cccc(F)c1Cl)C1CCOC2(CCCC2)C1. The predicted octanol–water partition coefficient (Wildman–Crippen LogP) is 4.48. The Kier molecular flexibility index (Phi) is 4.53. The van der Waals surface area contributed by atoms with Gasteiger partial charge in [0, 0.05) is 12.6 Å². The van der Waals surface area contributed by atoms with Crippen LogP contribution in [-0.4, -0.2) is 19.3 Å². The molecule has 2 nitrogen and oxygen atoms in total. The summed E-state index contributed by atoms with van der Waals surface area (Å²) in [5.74, 6) is 0.109. The molecule has 1 saturated heterocycles. The van der Waals surface area contributed by atoms with Crippen LogP contribution in [0.15, 0.2) is 18.2 Å². The van der Waals surface area contributed by atoms with E-state index >= 15 is 0 Å². The molecule has 2 unspecified atom stereocenters. The second-order valence-electron chi connectivity index (χ2n) is 6.40. The number of hydrogen-bond acceptors (Lipinski definition) is 2. The first kappa shape index (κ1) is 15.3. The molecule has 0 radical (unpaired) electrons. The van der Waals surface area contributed by atoms with Crippen molar-refractivity contribution in [3.63, 3.8) is 0 Å². The third-order valence-corrected chi connectivity index (χ3v) is 5.54. The molecule has 1 aliphatic carbocycles. The van der Waals surface area contributed by atoms with Gasteiger partial charge in [0.25, 0.3) is 0 Å². The summed E-state index contributed by atoms with van der Waals surface area (Å²) in [5, 5.41) is 3.61. The third kappa shape index (κ3) is 2.96. The Morgan fingerprint density at radius 2 is 2.14 bits per heavy atom. The highest BCUT2D eigenvalue weighted by molar-refractivity contribution is 6.31. The molecule has 1 saturated carbocycles. The van der Waals surface area contributed by atoms with Crippen molar-refractivity contribution in [2.24, 2.45) is 5.92 Å². The lowest BCUT2D eigenvalue weighted by Crippen LogP contribution is -2.41. The van der Waals surface area contributed by atoms with E-state index in [0.717, 1.165) is 37.9 Å². The molecule has 1 N–H and O–H groups in total. The lowest BCUT2D eigenvalue weighted by atomic mass is 9.78. The first-order chi connectivity index (χ1) is 10.2. The van der Waals surface area contributed by atoms with E-state index in [4.69, 9.17) is 16.3 Å². The molecule has 0 aromatic heterocycles. The van der Waals surface area contributed by atoms with Crippen molar-refractivity contribution in [3.05, 3.63) is 34.6 Å². The average molecular weight is 312 g/mol. The highest BCUT2D eigenvalue weighted by Crippen LogP contribution is 2.46. The molecule has 1 aliphatic heterocycles. The molecule has 1 spiro atoms. The van der Waals surface area contributed by atoms with Crippen LogP contribution in [0.1, 0.15) is 50.1 Å². The van der Waals surface area contributed by atoms with Gasteiger partial charge in [-0.05, 0) is 50.3 Å². The highest BCUT2D eigenvalue weighted by Gasteiger charge is 2.42. The average Bonchev–Trinajstić information content (AvgIpc) is 2.92. The lowest BCUT2D eigenvalue weighted by Gasteiger charge is -2.41. The van der Waals surface area contributed by atoms with E-state index in [9.17, 15) is 4.39 Å². The maximum absolute atomic E-state index is 13.8. The number of benzene rings is 1. The summed E-state index contributed by atoms with van der Waals surface area (Å²) < 4.78 is 19.9. The third-order valence-electron chi connectivity index (χ3n) is 5.14. The molecule has 1 heterocycles. The maximum atomic E-state index is 13.8. The molecule has 1 aromatic carbocycles. The fraction of sp³-hybridized carbons (Fsp3) is 0.647. The standard InChI is InChI=1S/C17H23ClFNO/c1-20-16(13-5-4-6-14(19)15(13)18)12-7-10-21-17(11-12)8-2-3-9-17/h4-6,12,16,20H,2-3,7-11H2,1H3.